The Morgan fingerprint density at radius 2 is 1.69 bits per heavy atom. The fourth-order valence-corrected chi connectivity index (χ4v) is 5.22. The Balaban J connectivity index is 1.62. The molecule has 2 aromatic heterocycles. The van der Waals surface area contributed by atoms with Crippen LogP contribution in [0.1, 0.15) is 10.5 Å². The van der Waals surface area contributed by atoms with Crippen LogP contribution in [0, 0.1) is 5.82 Å². The average molecular weight is 490 g/mol. The Morgan fingerprint density at radius 1 is 0.971 bits per heavy atom. The number of halogens is 1. The molecule has 35 heavy (non-hydrogen) atoms. The van der Waals surface area contributed by atoms with Crippen LogP contribution in [0.3, 0.4) is 0 Å². The van der Waals surface area contributed by atoms with Crippen molar-refractivity contribution in [3.8, 4) is 11.3 Å². The van der Waals surface area contributed by atoms with E-state index in [0.29, 0.717) is 38.8 Å². The minimum atomic E-state index is -3.73. The topological polar surface area (TPSA) is 92.4 Å². The first kappa shape index (κ1) is 22.5. The molecule has 0 spiro atoms. The van der Waals surface area contributed by atoms with Crippen molar-refractivity contribution in [2.75, 3.05) is 18.5 Å². The van der Waals surface area contributed by atoms with Crippen LogP contribution >= 0.6 is 0 Å². The molecule has 0 unspecified atom stereocenters. The van der Waals surface area contributed by atoms with E-state index in [-0.39, 0.29) is 10.6 Å². The van der Waals surface area contributed by atoms with Crippen LogP contribution in [0.2, 0.25) is 0 Å². The maximum atomic E-state index is 14.0. The first-order valence-corrected chi connectivity index (χ1v) is 12.1. The van der Waals surface area contributed by atoms with Crippen molar-refractivity contribution >= 4 is 43.5 Å². The second kappa shape index (κ2) is 8.52. The summed E-state index contributed by atoms with van der Waals surface area (Å²) in [6.45, 7) is 0. The third-order valence-electron chi connectivity index (χ3n) is 5.85. The molecule has 0 amide bonds. The molecule has 176 valence electrons. The lowest BCUT2D eigenvalue weighted by molar-refractivity contribution is 0.0594. The minimum absolute atomic E-state index is 0.0769. The molecule has 0 bridgehead atoms. The van der Waals surface area contributed by atoms with Crippen molar-refractivity contribution in [3.63, 3.8) is 0 Å². The van der Waals surface area contributed by atoms with Crippen molar-refractivity contribution in [1.29, 1.82) is 0 Å². The van der Waals surface area contributed by atoms with Gasteiger partial charge in [0.05, 0.1) is 28.9 Å². The molecule has 5 rings (SSSR count). The van der Waals surface area contributed by atoms with Gasteiger partial charge >= 0.3 is 5.97 Å². The number of sulfonamides is 1. The summed E-state index contributed by atoms with van der Waals surface area (Å²) in [5.41, 5.74) is 2.94. The number of aromatic amines is 1. The number of nitrogens with one attached hydrogen (secondary N) is 1. The van der Waals surface area contributed by atoms with Gasteiger partial charge in [0.25, 0.3) is 10.0 Å². The zero-order valence-electron chi connectivity index (χ0n) is 18.8. The molecule has 0 aliphatic rings. The number of benzene rings is 3. The molecule has 5 aromatic rings. The summed E-state index contributed by atoms with van der Waals surface area (Å²) in [5.74, 6) is -1.02. The Bertz CT molecular complexity index is 1680. The molecular formula is C26H20FN3O4S. The number of anilines is 1. The molecule has 0 saturated heterocycles. The van der Waals surface area contributed by atoms with E-state index in [1.54, 1.807) is 54.6 Å². The Hall–Kier alpha value is -4.24. The smallest absolute Gasteiger partial charge is 0.356 e. The van der Waals surface area contributed by atoms with E-state index in [0.717, 1.165) is 0 Å². The van der Waals surface area contributed by atoms with Gasteiger partial charge < -0.3 is 9.72 Å². The summed E-state index contributed by atoms with van der Waals surface area (Å²) >= 11 is 0. The third-order valence-corrected chi connectivity index (χ3v) is 7.65. The van der Waals surface area contributed by atoms with Crippen LogP contribution < -0.4 is 4.31 Å². The van der Waals surface area contributed by atoms with Crippen LogP contribution in [0.5, 0.6) is 0 Å². The number of hydrogen-bond donors (Lipinski definition) is 1. The standard InChI is InChI=1S/C26H20FN3O4S/c1-30(35(32,33)19-6-4-3-5-7-19)18-11-8-16(9-12-18)24-25-21(15-23(29-24)26(31)34-2)20-14-17(27)10-13-22(20)28-25/h3-15,28H,1-2H3. The zero-order valence-corrected chi connectivity index (χ0v) is 19.6. The van der Waals surface area contributed by atoms with E-state index in [1.165, 1.54) is 42.7 Å². The molecule has 7 nitrogen and oxygen atoms in total. The largest absolute Gasteiger partial charge is 0.464 e. The normalized spacial score (nSPS) is 11.6. The molecule has 0 radical (unpaired) electrons. The fourth-order valence-electron chi connectivity index (χ4n) is 4.00. The first-order valence-electron chi connectivity index (χ1n) is 10.6. The van der Waals surface area contributed by atoms with Crippen molar-refractivity contribution in [2.24, 2.45) is 0 Å². The van der Waals surface area contributed by atoms with Gasteiger partial charge in [0.1, 0.15) is 11.5 Å². The number of nitrogens with zero attached hydrogens (tertiary/aromatic N) is 2. The van der Waals surface area contributed by atoms with Crippen molar-refractivity contribution in [1.82, 2.24) is 9.97 Å². The van der Waals surface area contributed by atoms with Crippen LogP contribution in [0.15, 0.2) is 83.8 Å². The number of ether oxygens (including phenoxy) is 1. The maximum Gasteiger partial charge on any atom is 0.356 e. The van der Waals surface area contributed by atoms with Gasteiger partial charge in [0.2, 0.25) is 0 Å². The van der Waals surface area contributed by atoms with E-state index in [9.17, 15) is 17.6 Å². The molecule has 3 aromatic carbocycles. The lowest BCUT2D eigenvalue weighted by Crippen LogP contribution is -2.26. The van der Waals surface area contributed by atoms with Crippen molar-refractivity contribution in [2.45, 2.75) is 4.90 Å². The number of rotatable bonds is 5. The first-order chi connectivity index (χ1) is 16.8. The van der Waals surface area contributed by atoms with Gasteiger partial charge in [-0.1, -0.05) is 30.3 Å². The quantitative estimate of drug-likeness (QED) is 0.346. The number of carbonyl (C=O) groups is 1. The SMILES string of the molecule is COC(=O)c1cc2c([nH]c3ccc(F)cc32)c(-c2ccc(N(C)S(=O)(=O)c3ccccc3)cc2)n1. The highest BCUT2D eigenvalue weighted by atomic mass is 32.2. The predicted molar refractivity (Wildman–Crippen MR) is 132 cm³/mol. The summed E-state index contributed by atoms with van der Waals surface area (Å²) in [6.07, 6.45) is 0. The number of esters is 1. The van der Waals surface area contributed by atoms with Gasteiger partial charge in [-0.3, -0.25) is 4.31 Å². The van der Waals surface area contributed by atoms with Crippen LogP contribution in [0.25, 0.3) is 33.1 Å². The number of aromatic nitrogens is 2. The van der Waals surface area contributed by atoms with Gasteiger partial charge in [0, 0.05) is 28.9 Å². The zero-order chi connectivity index (χ0) is 24.7. The van der Waals surface area contributed by atoms with Gasteiger partial charge in [-0.15, -0.1) is 0 Å². The van der Waals surface area contributed by atoms with E-state index < -0.39 is 21.8 Å². The third kappa shape index (κ3) is 3.89. The second-order valence-corrected chi connectivity index (χ2v) is 9.89. The van der Waals surface area contributed by atoms with E-state index >= 15 is 0 Å². The summed E-state index contributed by atoms with van der Waals surface area (Å²) in [6, 6.07) is 20.9. The molecule has 9 heteroatoms. The lowest BCUT2D eigenvalue weighted by Gasteiger charge is -2.20. The molecule has 2 heterocycles. The van der Waals surface area contributed by atoms with Gasteiger partial charge in [0.15, 0.2) is 0 Å². The number of pyridine rings is 1. The monoisotopic (exact) mass is 489 g/mol. The lowest BCUT2D eigenvalue weighted by atomic mass is 10.1. The molecular weight excluding hydrogens is 469 g/mol. The Kier molecular flexibility index (Phi) is 5.49. The van der Waals surface area contributed by atoms with Crippen molar-refractivity contribution in [3.05, 3.63) is 90.4 Å². The van der Waals surface area contributed by atoms with Crippen molar-refractivity contribution < 1.29 is 22.3 Å². The highest BCUT2D eigenvalue weighted by molar-refractivity contribution is 7.92. The number of carbonyl (C=O) groups excluding carboxylic acids is 1. The molecule has 0 atom stereocenters. The summed E-state index contributed by atoms with van der Waals surface area (Å²) in [4.78, 5) is 20.2. The molecule has 0 fully saturated rings. The van der Waals surface area contributed by atoms with Crippen LogP contribution in [-0.4, -0.2) is 38.5 Å². The summed E-state index contributed by atoms with van der Waals surface area (Å²) in [7, 11) is -0.984. The van der Waals surface area contributed by atoms with E-state index in [4.69, 9.17) is 4.74 Å². The average Bonchev–Trinajstić information content (AvgIpc) is 3.25. The Morgan fingerprint density at radius 3 is 2.37 bits per heavy atom. The number of H-pyrrole nitrogens is 1. The number of methoxy groups -OCH3 is 1. The molecule has 0 aliphatic carbocycles. The summed E-state index contributed by atoms with van der Waals surface area (Å²) in [5, 5.41) is 1.23. The van der Waals surface area contributed by atoms with Gasteiger partial charge in [-0.25, -0.2) is 22.6 Å². The number of fused-ring (bicyclic) bond motifs is 3. The maximum absolute atomic E-state index is 14.0. The molecule has 0 aliphatic heterocycles. The Labute approximate surface area is 200 Å². The highest BCUT2D eigenvalue weighted by Crippen LogP contribution is 2.34. The second-order valence-electron chi connectivity index (χ2n) is 7.92. The fraction of sp³-hybridized carbons (Fsp3) is 0.0769. The van der Waals surface area contributed by atoms with E-state index in [2.05, 4.69) is 9.97 Å². The highest BCUT2D eigenvalue weighted by Gasteiger charge is 2.22. The van der Waals surface area contributed by atoms with Crippen LogP contribution in [0.4, 0.5) is 10.1 Å². The van der Waals surface area contributed by atoms with Gasteiger partial charge in [-0.05, 0) is 48.5 Å². The van der Waals surface area contributed by atoms with Gasteiger partial charge in [-0.2, -0.15) is 0 Å². The summed E-state index contributed by atoms with van der Waals surface area (Å²) < 4.78 is 46.0. The number of hydrogen-bond acceptors (Lipinski definition) is 5. The molecule has 0 saturated carbocycles. The molecule has 1 N–H and O–H groups in total. The minimum Gasteiger partial charge on any atom is -0.464 e. The van der Waals surface area contributed by atoms with Crippen LogP contribution in [-0.2, 0) is 14.8 Å². The predicted octanol–water partition coefficient (Wildman–Crippen LogP) is 5.13. The van der Waals surface area contributed by atoms with E-state index in [1.807, 2.05) is 0 Å².